The Balaban J connectivity index is 1.49. The Hall–Kier alpha value is -0.170. The maximum absolute atomic E-state index is 11.4. The number of piperazine rings is 1. The van der Waals surface area contributed by atoms with Crippen molar-refractivity contribution in [2.45, 2.75) is 31.3 Å². The third-order valence-electron chi connectivity index (χ3n) is 4.73. The zero-order chi connectivity index (χ0) is 12.8. The smallest absolute Gasteiger partial charge is 0.211 e. The lowest BCUT2D eigenvalue weighted by atomic mass is 9.89. The van der Waals surface area contributed by atoms with E-state index < -0.39 is 10.0 Å². The van der Waals surface area contributed by atoms with E-state index in [0.29, 0.717) is 13.1 Å². The normalized spacial score (nSPS) is 38.4. The van der Waals surface area contributed by atoms with Gasteiger partial charge in [0.05, 0.1) is 6.26 Å². The van der Waals surface area contributed by atoms with Gasteiger partial charge in [-0.25, -0.2) is 8.42 Å². The Morgan fingerprint density at radius 3 is 2.39 bits per heavy atom. The molecule has 0 amide bonds. The number of sulfonamides is 1. The summed E-state index contributed by atoms with van der Waals surface area (Å²) in [5.41, 5.74) is 0. The number of fused-ring (bicyclic) bond motifs is 2. The maximum atomic E-state index is 11.4. The monoisotopic (exact) mass is 273 g/mol. The molecule has 3 atom stereocenters. The van der Waals surface area contributed by atoms with Crippen LogP contribution in [-0.4, -0.2) is 68.7 Å². The van der Waals surface area contributed by atoms with Crippen LogP contribution < -0.4 is 5.32 Å². The molecule has 0 radical (unpaired) electrons. The van der Waals surface area contributed by atoms with Gasteiger partial charge in [0.1, 0.15) is 0 Å². The standard InChI is InChI=1S/C12H23N3O2S/c1-18(16,17)15-6-4-14(5-7-15)9-10-8-11-2-3-12(10)13-11/h10-13H,2-9H2,1H3. The van der Waals surface area contributed by atoms with Crippen LogP contribution in [0.4, 0.5) is 0 Å². The molecule has 5 nitrogen and oxygen atoms in total. The minimum absolute atomic E-state index is 0.660. The molecule has 18 heavy (non-hydrogen) atoms. The summed E-state index contributed by atoms with van der Waals surface area (Å²) in [6.45, 7) is 4.24. The van der Waals surface area contributed by atoms with Gasteiger partial charge in [0.15, 0.2) is 0 Å². The molecule has 3 unspecified atom stereocenters. The molecule has 0 spiro atoms. The summed E-state index contributed by atoms with van der Waals surface area (Å²) in [6, 6.07) is 1.49. The molecule has 0 aromatic rings. The molecule has 6 heteroatoms. The highest BCUT2D eigenvalue weighted by Crippen LogP contribution is 2.33. The molecule has 0 aliphatic carbocycles. The summed E-state index contributed by atoms with van der Waals surface area (Å²) >= 11 is 0. The van der Waals surface area contributed by atoms with Crippen LogP contribution in [0.3, 0.4) is 0 Å². The van der Waals surface area contributed by atoms with Crippen LogP contribution in [0.1, 0.15) is 19.3 Å². The van der Waals surface area contributed by atoms with Crippen molar-refractivity contribution in [1.82, 2.24) is 14.5 Å². The summed E-state index contributed by atoms with van der Waals surface area (Å²) in [6.07, 6.45) is 5.31. The summed E-state index contributed by atoms with van der Waals surface area (Å²) < 4.78 is 24.5. The van der Waals surface area contributed by atoms with Gasteiger partial charge in [-0.3, -0.25) is 0 Å². The third kappa shape index (κ3) is 2.57. The van der Waals surface area contributed by atoms with Crippen LogP contribution in [0.15, 0.2) is 0 Å². The van der Waals surface area contributed by atoms with E-state index in [1.165, 1.54) is 25.5 Å². The Bertz CT molecular complexity index is 404. The van der Waals surface area contributed by atoms with Crippen LogP contribution in [-0.2, 0) is 10.0 Å². The number of rotatable bonds is 3. The molecule has 3 fully saturated rings. The summed E-state index contributed by atoms with van der Waals surface area (Å²) in [5, 5.41) is 3.67. The number of nitrogens with zero attached hydrogens (tertiary/aromatic N) is 2. The molecule has 0 aromatic heterocycles. The summed E-state index contributed by atoms with van der Waals surface area (Å²) in [5.74, 6) is 0.786. The summed E-state index contributed by atoms with van der Waals surface area (Å²) in [4.78, 5) is 2.44. The second-order valence-electron chi connectivity index (χ2n) is 6.01. The van der Waals surface area contributed by atoms with Crippen molar-refractivity contribution in [2.75, 3.05) is 39.0 Å². The van der Waals surface area contributed by atoms with Gasteiger partial charge in [-0.1, -0.05) is 0 Å². The molecule has 1 N–H and O–H groups in total. The molecule has 0 aromatic carbocycles. The minimum Gasteiger partial charge on any atom is -0.311 e. The van der Waals surface area contributed by atoms with Gasteiger partial charge in [0.2, 0.25) is 10.0 Å². The van der Waals surface area contributed by atoms with E-state index in [-0.39, 0.29) is 0 Å². The molecule has 3 rings (SSSR count). The van der Waals surface area contributed by atoms with Gasteiger partial charge in [0.25, 0.3) is 0 Å². The molecule has 3 saturated heterocycles. The molecule has 3 aliphatic rings. The highest BCUT2D eigenvalue weighted by Gasteiger charge is 2.39. The Labute approximate surface area is 110 Å². The molecule has 3 aliphatic heterocycles. The van der Waals surface area contributed by atoms with Gasteiger partial charge in [-0.2, -0.15) is 4.31 Å². The second kappa shape index (κ2) is 4.74. The van der Waals surface area contributed by atoms with Gasteiger partial charge >= 0.3 is 0 Å². The van der Waals surface area contributed by atoms with Crippen molar-refractivity contribution in [2.24, 2.45) is 5.92 Å². The molecule has 2 bridgehead atoms. The van der Waals surface area contributed by atoms with Gasteiger partial charge in [-0.05, 0) is 25.2 Å². The largest absolute Gasteiger partial charge is 0.311 e. The average Bonchev–Trinajstić information content (AvgIpc) is 2.90. The topological polar surface area (TPSA) is 52.7 Å². The first-order valence-electron chi connectivity index (χ1n) is 6.96. The lowest BCUT2D eigenvalue weighted by Gasteiger charge is -2.35. The quantitative estimate of drug-likeness (QED) is 0.767. The number of hydrogen-bond acceptors (Lipinski definition) is 4. The molecular weight excluding hydrogens is 250 g/mol. The predicted molar refractivity (Wildman–Crippen MR) is 70.9 cm³/mol. The SMILES string of the molecule is CS(=O)(=O)N1CCN(CC2CC3CCC2N3)CC1. The average molecular weight is 273 g/mol. The van der Waals surface area contributed by atoms with Crippen LogP contribution >= 0.6 is 0 Å². The van der Waals surface area contributed by atoms with E-state index in [0.717, 1.165) is 37.6 Å². The number of hydrogen-bond donors (Lipinski definition) is 1. The van der Waals surface area contributed by atoms with Gasteiger partial charge < -0.3 is 10.2 Å². The molecule has 104 valence electrons. The fourth-order valence-corrected chi connectivity index (χ4v) is 4.54. The first kappa shape index (κ1) is 12.8. The number of nitrogens with one attached hydrogen (secondary N) is 1. The van der Waals surface area contributed by atoms with E-state index in [1.807, 2.05) is 0 Å². The van der Waals surface area contributed by atoms with Crippen molar-refractivity contribution >= 4 is 10.0 Å². The van der Waals surface area contributed by atoms with E-state index in [2.05, 4.69) is 10.2 Å². The summed E-state index contributed by atoms with van der Waals surface area (Å²) in [7, 11) is -2.99. The van der Waals surface area contributed by atoms with E-state index in [4.69, 9.17) is 0 Å². The second-order valence-corrected chi connectivity index (χ2v) is 7.99. The fourth-order valence-electron chi connectivity index (χ4n) is 3.71. The predicted octanol–water partition coefficient (Wildman–Crippen LogP) is -0.296. The highest BCUT2D eigenvalue weighted by molar-refractivity contribution is 7.88. The van der Waals surface area contributed by atoms with E-state index in [1.54, 1.807) is 4.31 Å². The van der Waals surface area contributed by atoms with Crippen LogP contribution in [0.5, 0.6) is 0 Å². The minimum atomic E-state index is -2.99. The molecule has 3 heterocycles. The van der Waals surface area contributed by atoms with Crippen molar-refractivity contribution in [1.29, 1.82) is 0 Å². The maximum Gasteiger partial charge on any atom is 0.211 e. The van der Waals surface area contributed by atoms with Crippen molar-refractivity contribution in [3.8, 4) is 0 Å². The van der Waals surface area contributed by atoms with Crippen molar-refractivity contribution < 1.29 is 8.42 Å². The zero-order valence-corrected chi connectivity index (χ0v) is 11.8. The third-order valence-corrected chi connectivity index (χ3v) is 6.03. The first-order chi connectivity index (χ1) is 8.52. The molecular formula is C12H23N3O2S. The van der Waals surface area contributed by atoms with Crippen LogP contribution in [0.25, 0.3) is 0 Å². The Morgan fingerprint density at radius 1 is 1.17 bits per heavy atom. The lowest BCUT2D eigenvalue weighted by Crippen LogP contribution is -2.50. The van der Waals surface area contributed by atoms with Gasteiger partial charge in [0, 0.05) is 44.8 Å². The Morgan fingerprint density at radius 2 is 1.89 bits per heavy atom. The van der Waals surface area contributed by atoms with Crippen LogP contribution in [0.2, 0.25) is 0 Å². The zero-order valence-electron chi connectivity index (χ0n) is 11.0. The Kier molecular flexibility index (Phi) is 3.38. The van der Waals surface area contributed by atoms with Crippen LogP contribution in [0, 0.1) is 5.92 Å². The molecule has 0 saturated carbocycles. The van der Waals surface area contributed by atoms with Crippen molar-refractivity contribution in [3.63, 3.8) is 0 Å². The van der Waals surface area contributed by atoms with E-state index in [9.17, 15) is 8.42 Å². The fraction of sp³-hybridized carbons (Fsp3) is 1.00. The van der Waals surface area contributed by atoms with E-state index >= 15 is 0 Å². The lowest BCUT2D eigenvalue weighted by molar-refractivity contribution is 0.155. The highest BCUT2D eigenvalue weighted by atomic mass is 32.2. The van der Waals surface area contributed by atoms with Crippen molar-refractivity contribution in [3.05, 3.63) is 0 Å². The first-order valence-corrected chi connectivity index (χ1v) is 8.81. The van der Waals surface area contributed by atoms with Gasteiger partial charge in [-0.15, -0.1) is 0 Å².